The third-order valence-corrected chi connectivity index (χ3v) is 5.63. The summed E-state index contributed by atoms with van der Waals surface area (Å²) in [5.41, 5.74) is 3.56. The largest absolute Gasteiger partial charge is 0.481 e. The van der Waals surface area contributed by atoms with Gasteiger partial charge in [0.15, 0.2) is 5.76 Å². The van der Waals surface area contributed by atoms with E-state index in [2.05, 4.69) is 20.3 Å². The summed E-state index contributed by atoms with van der Waals surface area (Å²) in [5.74, 6) is 1.03. The Balaban J connectivity index is 1.47. The maximum Gasteiger partial charge on any atom is 0.256 e. The second-order valence-corrected chi connectivity index (χ2v) is 7.67. The van der Waals surface area contributed by atoms with Crippen molar-refractivity contribution in [3.63, 3.8) is 0 Å². The molecule has 1 saturated heterocycles. The number of carbonyl (C=O) groups is 1. The van der Waals surface area contributed by atoms with Gasteiger partial charge in [0.25, 0.3) is 5.91 Å². The molecule has 4 aromatic rings. The van der Waals surface area contributed by atoms with Crippen LogP contribution in [0.5, 0.6) is 5.88 Å². The van der Waals surface area contributed by atoms with Crippen molar-refractivity contribution in [2.24, 2.45) is 0 Å². The van der Waals surface area contributed by atoms with Gasteiger partial charge in [-0.2, -0.15) is 15.0 Å². The Hall–Kier alpha value is -4.01. The first-order chi connectivity index (χ1) is 15.7. The minimum atomic E-state index is -0.203. The Morgan fingerprint density at radius 1 is 1.16 bits per heavy atom. The topological polar surface area (TPSA) is 99.2 Å². The molecule has 0 spiro atoms. The Morgan fingerprint density at radius 2 is 2.00 bits per heavy atom. The molecule has 1 atom stereocenters. The van der Waals surface area contributed by atoms with Gasteiger partial charge in [-0.25, -0.2) is 4.98 Å². The van der Waals surface area contributed by atoms with E-state index in [-0.39, 0.29) is 11.9 Å². The minimum Gasteiger partial charge on any atom is -0.481 e. The first kappa shape index (κ1) is 19.9. The first-order valence-corrected chi connectivity index (χ1v) is 10.4. The normalized spacial score (nSPS) is 15.8. The molecular weight excluding hydrogens is 408 g/mol. The predicted molar refractivity (Wildman–Crippen MR) is 115 cm³/mol. The fourth-order valence-corrected chi connectivity index (χ4v) is 4.12. The third kappa shape index (κ3) is 3.51. The lowest BCUT2D eigenvalue weighted by molar-refractivity contribution is 0.0714. The van der Waals surface area contributed by atoms with Crippen LogP contribution >= 0.6 is 0 Å². The molecular formula is C23H22N6O3. The van der Waals surface area contributed by atoms with Gasteiger partial charge in [-0.05, 0) is 44.0 Å². The van der Waals surface area contributed by atoms with Crippen LogP contribution in [0.1, 0.15) is 40.6 Å². The van der Waals surface area contributed by atoms with E-state index in [0.717, 1.165) is 24.0 Å². The number of rotatable bonds is 5. The number of benzene rings is 1. The minimum absolute atomic E-state index is 0.0830. The molecule has 9 nitrogen and oxygen atoms in total. The van der Waals surface area contributed by atoms with Gasteiger partial charge in [-0.1, -0.05) is 16.8 Å². The molecule has 1 amide bonds. The van der Waals surface area contributed by atoms with Gasteiger partial charge in [0, 0.05) is 18.8 Å². The van der Waals surface area contributed by atoms with E-state index in [4.69, 9.17) is 9.26 Å². The van der Waals surface area contributed by atoms with Crippen molar-refractivity contribution in [2.75, 3.05) is 13.7 Å². The zero-order valence-corrected chi connectivity index (χ0v) is 17.8. The molecule has 0 radical (unpaired) electrons. The molecule has 5 rings (SSSR count). The van der Waals surface area contributed by atoms with Crippen molar-refractivity contribution in [3.8, 4) is 22.8 Å². The summed E-state index contributed by atoms with van der Waals surface area (Å²) in [5, 5.41) is 12.6. The van der Waals surface area contributed by atoms with Crippen molar-refractivity contribution in [1.29, 1.82) is 0 Å². The quantitative estimate of drug-likeness (QED) is 0.477. The fraction of sp³-hybridized carbons (Fsp3) is 0.261. The second kappa shape index (κ2) is 8.26. The van der Waals surface area contributed by atoms with Gasteiger partial charge in [0.2, 0.25) is 5.88 Å². The molecule has 32 heavy (non-hydrogen) atoms. The lowest BCUT2D eigenvalue weighted by atomic mass is 10.1. The van der Waals surface area contributed by atoms with E-state index in [1.54, 1.807) is 25.7 Å². The summed E-state index contributed by atoms with van der Waals surface area (Å²) >= 11 is 0. The molecule has 4 heterocycles. The SMILES string of the molecule is COc1ncccc1-c1cc([C@@H]2CCCN2C(=O)c2cc(C)ccc2-n2nccn2)on1. The Bertz CT molecular complexity index is 1250. The van der Waals surface area contributed by atoms with E-state index in [1.807, 2.05) is 48.2 Å². The maximum absolute atomic E-state index is 13.6. The number of hydrogen-bond acceptors (Lipinski definition) is 7. The zero-order chi connectivity index (χ0) is 22.1. The second-order valence-electron chi connectivity index (χ2n) is 7.67. The molecule has 9 heteroatoms. The Morgan fingerprint density at radius 3 is 2.81 bits per heavy atom. The molecule has 0 saturated carbocycles. The van der Waals surface area contributed by atoms with E-state index in [9.17, 15) is 4.79 Å². The average molecular weight is 430 g/mol. The molecule has 1 aromatic carbocycles. The average Bonchev–Trinajstić information content (AvgIpc) is 3.59. The molecule has 1 aliphatic rings. The predicted octanol–water partition coefficient (Wildman–Crippen LogP) is 3.61. The van der Waals surface area contributed by atoms with Crippen LogP contribution in [-0.2, 0) is 0 Å². The number of hydrogen-bond donors (Lipinski definition) is 0. The van der Waals surface area contributed by atoms with Crippen molar-refractivity contribution in [3.05, 3.63) is 71.9 Å². The van der Waals surface area contributed by atoms with Crippen LogP contribution in [0, 0.1) is 6.92 Å². The number of likely N-dealkylation sites (tertiary alicyclic amines) is 1. The van der Waals surface area contributed by atoms with E-state index in [0.29, 0.717) is 35.1 Å². The van der Waals surface area contributed by atoms with Crippen LogP contribution in [-0.4, -0.2) is 49.6 Å². The lowest BCUT2D eigenvalue weighted by Crippen LogP contribution is -2.31. The number of aryl methyl sites for hydroxylation is 1. The maximum atomic E-state index is 13.6. The number of amides is 1. The highest BCUT2D eigenvalue weighted by atomic mass is 16.5. The van der Waals surface area contributed by atoms with Crippen LogP contribution in [0.2, 0.25) is 0 Å². The smallest absolute Gasteiger partial charge is 0.256 e. The van der Waals surface area contributed by atoms with Crippen molar-refractivity contribution >= 4 is 5.91 Å². The highest BCUT2D eigenvalue weighted by Crippen LogP contribution is 2.36. The van der Waals surface area contributed by atoms with E-state index < -0.39 is 0 Å². The summed E-state index contributed by atoms with van der Waals surface area (Å²) in [6.45, 7) is 2.60. The summed E-state index contributed by atoms with van der Waals surface area (Å²) in [7, 11) is 1.57. The van der Waals surface area contributed by atoms with Crippen molar-refractivity contribution in [2.45, 2.75) is 25.8 Å². The molecule has 1 aliphatic heterocycles. The van der Waals surface area contributed by atoms with Crippen LogP contribution < -0.4 is 4.74 Å². The highest BCUT2D eigenvalue weighted by molar-refractivity contribution is 5.98. The highest BCUT2D eigenvalue weighted by Gasteiger charge is 2.35. The van der Waals surface area contributed by atoms with Crippen molar-refractivity contribution < 1.29 is 14.1 Å². The zero-order valence-electron chi connectivity index (χ0n) is 17.8. The van der Waals surface area contributed by atoms with E-state index >= 15 is 0 Å². The Labute approximate surface area is 184 Å². The standard InChI is InChI=1S/C23H22N6O3/c1-15-7-8-19(29-25-10-11-26-29)17(13-15)23(30)28-12-4-6-20(28)21-14-18(27-32-21)16-5-3-9-24-22(16)31-2/h3,5,7-11,13-14,20H,4,6,12H2,1-2H3/t20-/m0/s1. The number of aromatic nitrogens is 5. The van der Waals surface area contributed by atoms with Crippen LogP contribution in [0.4, 0.5) is 0 Å². The molecule has 1 fully saturated rings. The van der Waals surface area contributed by atoms with Gasteiger partial charge in [-0.3, -0.25) is 4.79 Å². The van der Waals surface area contributed by atoms with E-state index in [1.165, 1.54) is 4.80 Å². The molecule has 0 N–H and O–H groups in total. The molecule has 0 unspecified atom stereocenters. The van der Waals surface area contributed by atoms with Crippen molar-refractivity contribution in [1.82, 2.24) is 30.0 Å². The summed E-state index contributed by atoms with van der Waals surface area (Å²) < 4.78 is 11.0. The van der Waals surface area contributed by atoms with Gasteiger partial charge < -0.3 is 14.2 Å². The monoisotopic (exact) mass is 430 g/mol. The number of methoxy groups -OCH3 is 1. The van der Waals surface area contributed by atoms with Gasteiger partial charge in [0.1, 0.15) is 5.69 Å². The number of pyridine rings is 1. The lowest BCUT2D eigenvalue weighted by Gasteiger charge is -2.24. The first-order valence-electron chi connectivity index (χ1n) is 10.4. The van der Waals surface area contributed by atoms with Gasteiger partial charge in [0.05, 0.1) is 42.4 Å². The van der Waals surface area contributed by atoms with Gasteiger partial charge in [-0.15, -0.1) is 0 Å². The fourth-order valence-electron chi connectivity index (χ4n) is 4.12. The van der Waals surface area contributed by atoms with Crippen LogP contribution in [0.15, 0.2) is 59.5 Å². The summed E-state index contributed by atoms with van der Waals surface area (Å²) in [6.07, 6.45) is 6.52. The summed E-state index contributed by atoms with van der Waals surface area (Å²) in [6, 6.07) is 11.0. The number of ether oxygens (including phenoxy) is 1. The van der Waals surface area contributed by atoms with Gasteiger partial charge >= 0.3 is 0 Å². The molecule has 0 bridgehead atoms. The molecule has 0 aliphatic carbocycles. The molecule has 162 valence electrons. The molecule has 3 aromatic heterocycles. The number of carbonyl (C=O) groups excluding carboxylic acids is 1. The Kier molecular flexibility index (Phi) is 5.14. The summed E-state index contributed by atoms with van der Waals surface area (Å²) in [4.78, 5) is 21.2. The third-order valence-electron chi connectivity index (χ3n) is 5.63. The number of nitrogens with zero attached hydrogens (tertiary/aromatic N) is 6. The van der Waals surface area contributed by atoms with Crippen LogP contribution in [0.25, 0.3) is 16.9 Å². The van der Waals surface area contributed by atoms with Crippen LogP contribution in [0.3, 0.4) is 0 Å².